The van der Waals surface area contributed by atoms with Crippen LogP contribution in [0.1, 0.15) is 53.9 Å². The molecule has 1 atom stereocenters. The van der Waals surface area contributed by atoms with E-state index in [1.165, 1.54) is 11.3 Å². The lowest BCUT2D eigenvalue weighted by Gasteiger charge is -2.07. The van der Waals surface area contributed by atoms with Crippen molar-refractivity contribution in [3.63, 3.8) is 0 Å². The Labute approximate surface area is 227 Å². The molecule has 2 aromatic carbocycles. The highest BCUT2D eigenvalue weighted by atomic mass is 32.1. The molecule has 200 valence electrons. The summed E-state index contributed by atoms with van der Waals surface area (Å²) in [5.74, 6) is -0.0741. The maximum Gasteiger partial charge on any atom is 0.230 e. The second kappa shape index (κ2) is 14.7. The predicted octanol–water partition coefficient (Wildman–Crippen LogP) is 3.45. The normalized spacial score (nSPS) is 12.7. The number of unbranched alkanes of at least 4 members (excludes halogenated alkanes) is 1. The summed E-state index contributed by atoms with van der Waals surface area (Å²) in [6.45, 7) is 1.91. The largest absolute Gasteiger partial charge is 0.402 e. The Morgan fingerprint density at radius 2 is 1.68 bits per heavy atom. The second-order valence-electron chi connectivity index (χ2n) is 9.04. The third-order valence-electron chi connectivity index (χ3n) is 5.63. The van der Waals surface area contributed by atoms with E-state index in [1.54, 1.807) is 12.2 Å². The molecule has 0 aliphatic rings. The number of allylic oxidation sites excluding steroid dienone is 3. The van der Waals surface area contributed by atoms with Gasteiger partial charge in [-0.25, -0.2) is 0 Å². The molecule has 0 aliphatic heterocycles. The minimum Gasteiger partial charge on any atom is -0.402 e. The molecule has 10 heteroatoms. The molecular weight excluding hydrogens is 498 g/mol. The van der Waals surface area contributed by atoms with Crippen LogP contribution in [0.15, 0.2) is 78.3 Å². The molecule has 0 aliphatic carbocycles. The molecule has 0 radical (unpaired) electrons. The first-order valence-electron chi connectivity index (χ1n) is 12.5. The van der Waals surface area contributed by atoms with Gasteiger partial charge in [0.25, 0.3) is 0 Å². The molecule has 9 nitrogen and oxygen atoms in total. The van der Waals surface area contributed by atoms with Crippen LogP contribution in [0.3, 0.4) is 0 Å². The fraction of sp³-hybridized carbons (Fsp3) is 0.286. The van der Waals surface area contributed by atoms with E-state index in [1.807, 2.05) is 61.5 Å². The van der Waals surface area contributed by atoms with Crippen molar-refractivity contribution in [1.29, 1.82) is 0 Å². The van der Waals surface area contributed by atoms with Crippen molar-refractivity contribution >= 4 is 28.3 Å². The van der Waals surface area contributed by atoms with Gasteiger partial charge in [-0.2, -0.15) is 0 Å². The number of carbonyl (C=O) groups excluding carboxylic acids is 2. The molecule has 38 heavy (non-hydrogen) atoms. The summed E-state index contributed by atoms with van der Waals surface area (Å²) in [5, 5.41) is 15.1. The minimum absolute atomic E-state index is 0.0815. The van der Waals surface area contributed by atoms with Crippen molar-refractivity contribution in [3.05, 3.63) is 100.0 Å². The summed E-state index contributed by atoms with van der Waals surface area (Å²) in [5.41, 5.74) is 21.4. The minimum atomic E-state index is -0.181. The fourth-order valence-electron chi connectivity index (χ4n) is 3.65. The maximum absolute atomic E-state index is 12.4. The Morgan fingerprint density at radius 1 is 0.947 bits per heavy atom. The molecule has 0 spiro atoms. The van der Waals surface area contributed by atoms with Crippen LogP contribution in [-0.4, -0.2) is 22.0 Å². The zero-order valence-corrected chi connectivity index (χ0v) is 22.3. The van der Waals surface area contributed by atoms with Crippen LogP contribution in [0.25, 0.3) is 0 Å². The van der Waals surface area contributed by atoms with Gasteiger partial charge in [-0.1, -0.05) is 65.9 Å². The van der Waals surface area contributed by atoms with Gasteiger partial charge in [0.2, 0.25) is 16.9 Å². The van der Waals surface area contributed by atoms with Gasteiger partial charge in [0, 0.05) is 18.2 Å². The van der Waals surface area contributed by atoms with Crippen molar-refractivity contribution in [2.45, 2.75) is 51.5 Å². The molecule has 1 unspecified atom stereocenters. The first-order chi connectivity index (χ1) is 18.3. The number of nitrogens with zero attached hydrogens (tertiary/aromatic N) is 2. The number of aryl methyl sites for hydroxylation is 1. The van der Waals surface area contributed by atoms with Crippen molar-refractivity contribution in [1.82, 2.24) is 15.5 Å². The lowest BCUT2D eigenvalue weighted by Crippen LogP contribution is -2.28. The van der Waals surface area contributed by atoms with Gasteiger partial charge in [0.05, 0.1) is 12.8 Å². The molecule has 3 aromatic rings. The van der Waals surface area contributed by atoms with Crippen LogP contribution in [0.2, 0.25) is 0 Å². The zero-order valence-electron chi connectivity index (χ0n) is 21.5. The van der Waals surface area contributed by atoms with Crippen LogP contribution < -0.4 is 27.8 Å². The Morgan fingerprint density at radius 3 is 2.45 bits per heavy atom. The number of carbonyl (C=O) groups is 2. The third kappa shape index (κ3) is 10.2. The summed E-state index contributed by atoms with van der Waals surface area (Å²) >= 11 is 1.37. The molecule has 8 N–H and O–H groups in total. The Kier molecular flexibility index (Phi) is 11.0. The van der Waals surface area contributed by atoms with Gasteiger partial charge in [-0.3, -0.25) is 9.59 Å². The number of hydrogen-bond donors (Lipinski definition) is 5. The topological polar surface area (TPSA) is 162 Å². The van der Waals surface area contributed by atoms with Crippen molar-refractivity contribution in [2.24, 2.45) is 17.2 Å². The van der Waals surface area contributed by atoms with Crippen LogP contribution in [-0.2, 0) is 28.9 Å². The van der Waals surface area contributed by atoms with Crippen molar-refractivity contribution in [3.8, 4) is 0 Å². The van der Waals surface area contributed by atoms with Gasteiger partial charge < -0.3 is 27.8 Å². The number of hydrogen-bond acceptors (Lipinski definition) is 8. The predicted molar refractivity (Wildman–Crippen MR) is 152 cm³/mol. The summed E-state index contributed by atoms with van der Waals surface area (Å²) in [6.07, 6.45) is 6.97. The monoisotopic (exact) mass is 533 g/mol. The number of nitrogens with one attached hydrogen (secondary N) is 2. The maximum atomic E-state index is 12.4. The van der Waals surface area contributed by atoms with Gasteiger partial charge in [0.1, 0.15) is 10.8 Å². The quantitative estimate of drug-likeness (QED) is 0.166. The van der Waals surface area contributed by atoms with Crippen LogP contribution >= 0.6 is 11.3 Å². The zero-order chi connectivity index (χ0) is 27.3. The van der Waals surface area contributed by atoms with Crippen LogP contribution in [0.4, 0.5) is 5.13 Å². The molecule has 3 rings (SSSR count). The average Bonchev–Trinajstić information content (AvgIpc) is 3.32. The number of anilines is 1. The summed E-state index contributed by atoms with van der Waals surface area (Å²) in [7, 11) is 0. The second-order valence-corrected chi connectivity index (χ2v) is 10.1. The van der Waals surface area contributed by atoms with Gasteiger partial charge in [-0.15, -0.1) is 10.2 Å². The number of aromatic nitrogens is 2. The Balaban J connectivity index is 1.35. The van der Waals surface area contributed by atoms with E-state index in [9.17, 15) is 9.59 Å². The fourth-order valence-corrected chi connectivity index (χ4v) is 4.45. The molecule has 0 fully saturated rings. The number of amides is 2. The van der Waals surface area contributed by atoms with Crippen molar-refractivity contribution in [2.75, 3.05) is 5.32 Å². The summed E-state index contributed by atoms with van der Waals surface area (Å²) < 4.78 is 0. The molecular formula is C28H35N7O2S. The molecule has 0 saturated carbocycles. The van der Waals surface area contributed by atoms with E-state index in [0.29, 0.717) is 17.2 Å². The van der Waals surface area contributed by atoms with Gasteiger partial charge >= 0.3 is 0 Å². The van der Waals surface area contributed by atoms with E-state index in [2.05, 4.69) is 20.8 Å². The molecule has 1 heterocycles. The standard InChI is InChI=1S/C28H35N7O2S/c1-19(29)22-11-7-10-21(16-22)18-26(37)33-28-35-34-27(38-28)13-6-5-12-23(30)14-15-24(31)32-25(36)17-20-8-3-2-4-9-20/h2-4,7-11,14-16,19H,5-6,12-13,17-18,29-31H2,1H3,(H,32,36)(H,33,35,37). The molecule has 1 aromatic heterocycles. The van der Waals surface area contributed by atoms with Gasteiger partial charge in [0.15, 0.2) is 0 Å². The highest BCUT2D eigenvalue weighted by Gasteiger charge is 2.10. The van der Waals surface area contributed by atoms with E-state index >= 15 is 0 Å². The lowest BCUT2D eigenvalue weighted by atomic mass is 10.0. The molecule has 0 bridgehead atoms. The lowest BCUT2D eigenvalue weighted by molar-refractivity contribution is -0.119. The van der Waals surface area contributed by atoms with E-state index in [-0.39, 0.29) is 36.5 Å². The highest BCUT2D eigenvalue weighted by Crippen LogP contribution is 2.19. The van der Waals surface area contributed by atoms with Crippen molar-refractivity contribution < 1.29 is 9.59 Å². The first-order valence-corrected chi connectivity index (χ1v) is 13.3. The van der Waals surface area contributed by atoms with E-state index < -0.39 is 0 Å². The van der Waals surface area contributed by atoms with Gasteiger partial charge in [-0.05, 0) is 55.0 Å². The molecule has 2 amide bonds. The average molecular weight is 534 g/mol. The van der Waals surface area contributed by atoms with E-state index in [0.717, 1.165) is 41.0 Å². The smallest absolute Gasteiger partial charge is 0.230 e. The summed E-state index contributed by atoms with van der Waals surface area (Å²) in [6, 6.07) is 17.1. The molecule has 0 saturated heterocycles. The van der Waals surface area contributed by atoms with E-state index in [4.69, 9.17) is 17.2 Å². The SMILES string of the molecule is CC(N)c1cccc(CC(=O)Nc2nnc(CCCCC(N)=CC=C(N)NC(=O)Cc3ccccc3)s2)c1. The first kappa shape index (κ1) is 28.5. The van der Waals surface area contributed by atoms with Crippen LogP contribution in [0, 0.1) is 0 Å². The number of nitrogens with two attached hydrogens (primary N) is 3. The third-order valence-corrected chi connectivity index (χ3v) is 6.53. The Hall–Kier alpha value is -4.02. The Bertz CT molecular complexity index is 1270. The van der Waals surface area contributed by atoms with Crippen LogP contribution in [0.5, 0.6) is 0 Å². The summed E-state index contributed by atoms with van der Waals surface area (Å²) in [4.78, 5) is 24.5. The number of rotatable bonds is 13. The highest BCUT2D eigenvalue weighted by molar-refractivity contribution is 7.15. The number of benzene rings is 2.